The largest absolute Gasteiger partial charge is 0.455 e. The third-order valence-corrected chi connectivity index (χ3v) is 12.8. The molecule has 55 heavy (non-hydrogen) atoms. The maximum atomic E-state index is 15.4. The summed E-state index contributed by atoms with van der Waals surface area (Å²) in [5.41, 5.74) is 4.88. The Balaban J connectivity index is 1.18. The molecule has 0 radical (unpaired) electrons. The summed E-state index contributed by atoms with van der Waals surface area (Å²) in [4.78, 5) is 26.0. The van der Waals surface area contributed by atoms with Gasteiger partial charge in [-0.3, -0.25) is 18.4 Å². The number of nitrogens with zero attached hydrogens (tertiary/aromatic N) is 5. The molecule has 278 valence electrons. The van der Waals surface area contributed by atoms with E-state index < -0.39 is 27.6 Å². The summed E-state index contributed by atoms with van der Waals surface area (Å²) in [6.07, 6.45) is 5.81. The first-order valence-electron chi connectivity index (χ1n) is 17.9. The van der Waals surface area contributed by atoms with E-state index in [1.807, 2.05) is 10.5 Å². The fourth-order valence-electron chi connectivity index (χ4n) is 8.77. The van der Waals surface area contributed by atoms with Crippen molar-refractivity contribution in [2.75, 3.05) is 37.7 Å². The van der Waals surface area contributed by atoms with E-state index in [-0.39, 0.29) is 44.8 Å². The number of carbonyl (C=O) groups excluding carboxylic acids is 1. The van der Waals surface area contributed by atoms with Crippen molar-refractivity contribution in [2.24, 2.45) is 11.3 Å². The number of halogens is 3. The SMILES string of the molecule is CNC(=O)c1c(-c2ccc(F)cc2F)oc2cc(N(C)S(C)(=O)=O)c(-c3ccc4nc(CN5CC[C@]6(C=C7C[C@@H]76)C5)n5c6cccc(F)c6cc5c4n3)cc12. The molecule has 2 aliphatic carbocycles. The normalized spacial score (nSPS) is 19.4. The molecule has 1 spiro atoms. The first-order chi connectivity index (χ1) is 26.3. The fraction of sp³-hybridized carbons (Fsp3) is 0.244. The molecule has 1 saturated heterocycles. The minimum atomic E-state index is -3.85. The van der Waals surface area contributed by atoms with Crippen LogP contribution < -0.4 is 9.62 Å². The maximum Gasteiger partial charge on any atom is 0.255 e. The summed E-state index contributed by atoms with van der Waals surface area (Å²) in [5.74, 6) is -1.42. The molecule has 0 unspecified atom stereocenters. The number of fused-ring (bicyclic) bond motifs is 8. The average molecular weight is 763 g/mol. The van der Waals surface area contributed by atoms with Crippen LogP contribution in [-0.4, -0.2) is 67.0 Å². The van der Waals surface area contributed by atoms with E-state index in [1.165, 1.54) is 38.7 Å². The summed E-state index contributed by atoms with van der Waals surface area (Å²) in [6.45, 7) is 2.45. The zero-order valence-corrected chi connectivity index (χ0v) is 30.8. The molecule has 10 nitrogen and oxygen atoms in total. The Kier molecular flexibility index (Phi) is 7.15. The third-order valence-electron chi connectivity index (χ3n) is 11.6. The number of anilines is 1. The highest BCUT2D eigenvalue weighted by atomic mass is 32.2. The van der Waals surface area contributed by atoms with Crippen LogP contribution in [0, 0.1) is 28.8 Å². The molecule has 7 aromatic rings. The van der Waals surface area contributed by atoms with Crippen LogP contribution in [0.25, 0.3) is 61.0 Å². The maximum absolute atomic E-state index is 15.4. The lowest BCUT2D eigenvalue weighted by Crippen LogP contribution is -2.31. The first-order valence-corrected chi connectivity index (χ1v) is 19.7. The van der Waals surface area contributed by atoms with Crippen molar-refractivity contribution in [1.82, 2.24) is 24.6 Å². The quantitative estimate of drug-likeness (QED) is 0.168. The molecule has 3 aliphatic rings. The fourth-order valence-corrected chi connectivity index (χ4v) is 9.28. The van der Waals surface area contributed by atoms with Gasteiger partial charge in [-0.2, -0.15) is 0 Å². The van der Waals surface area contributed by atoms with E-state index in [2.05, 4.69) is 16.3 Å². The molecule has 2 fully saturated rings. The predicted molar refractivity (Wildman–Crippen MR) is 204 cm³/mol. The molecule has 1 amide bonds. The van der Waals surface area contributed by atoms with E-state index >= 15 is 8.78 Å². The highest BCUT2D eigenvalue weighted by molar-refractivity contribution is 7.92. The lowest BCUT2D eigenvalue weighted by Gasteiger charge is -2.31. The van der Waals surface area contributed by atoms with Gasteiger partial charge in [-0.15, -0.1) is 0 Å². The van der Waals surface area contributed by atoms with Gasteiger partial charge in [-0.1, -0.05) is 17.7 Å². The summed E-state index contributed by atoms with van der Waals surface area (Å²) in [6, 6.07) is 16.2. The Bertz CT molecular complexity index is 2990. The van der Waals surface area contributed by atoms with Crippen molar-refractivity contribution < 1.29 is 30.8 Å². The highest BCUT2D eigenvalue weighted by Gasteiger charge is 2.58. The lowest BCUT2D eigenvalue weighted by atomic mass is 9.75. The molecule has 1 N–H and O–H groups in total. The monoisotopic (exact) mass is 762 g/mol. The number of sulfonamides is 1. The average Bonchev–Trinajstić information content (AvgIpc) is 3.45. The molecule has 1 aliphatic heterocycles. The molecule has 4 aromatic heterocycles. The van der Waals surface area contributed by atoms with Crippen molar-refractivity contribution in [1.29, 1.82) is 0 Å². The Morgan fingerprint density at radius 2 is 1.84 bits per heavy atom. The molecule has 0 bridgehead atoms. The van der Waals surface area contributed by atoms with Crippen LogP contribution in [-0.2, 0) is 16.6 Å². The second kappa shape index (κ2) is 11.6. The zero-order valence-electron chi connectivity index (χ0n) is 30.0. The van der Waals surface area contributed by atoms with Crippen molar-refractivity contribution in [3.05, 3.63) is 107 Å². The Labute approximate surface area is 312 Å². The number of carbonyl (C=O) groups is 1. The van der Waals surface area contributed by atoms with Gasteiger partial charge >= 0.3 is 0 Å². The van der Waals surface area contributed by atoms with E-state index in [0.717, 1.165) is 42.0 Å². The summed E-state index contributed by atoms with van der Waals surface area (Å²) in [5, 5.41) is 3.23. The third kappa shape index (κ3) is 5.11. The Hall–Kier alpha value is -5.73. The van der Waals surface area contributed by atoms with Crippen LogP contribution in [0.2, 0.25) is 0 Å². The van der Waals surface area contributed by atoms with Gasteiger partial charge in [-0.05, 0) is 73.8 Å². The molecule has 1 saturated carbocycles. The van der Waals surface area contributed by atoms with E-state index in [0.29, 0.717) is 57.2 Å². The molecule has 2 atom stereocenters. The Morgan fingerprint density at radius 1 is 1.00 bits per heavy atom. The van der Waals surface area contributed by atoms with Gasteiger partial charge in [0.15, 0.2) is 5.76 Å². The van der Waals surface area contributed by atoms with E-state index in [1.54, 1.807) is 35.9 Å². The molecular weight excluding hydrogens is 730 g/mol. The van der Waals surface area contributed by atoms with Crippen molar-refractivity contribution in [2.45, 2.75) is 19.4 Å². The van der Waals surface area contributed by atoms with Crippen LogP contribution in [0.4, 0.5) is 18.9 Å². The summed E-state index contributed by atoms with van der Waals surface area (Å²) >= 11 is 0. The van der Waals surface area contributed by atoms with Crippen LogP contribution in [0.3, 0.4) is 0 Å². The number of likely N-dealkylation sites (tertiary alicyclic amines) is 1. The highest BCUT2D eigenvalue weighted by Crippen LogP contribution is 2.65. The zero-order chi connectivity index (χ0) is 38.1. The summed E-state index contributed by atoms with van der Waals surface area (Å²) < 4.78 is 79.6. The molecule has 14 heteroatoms. The minimum absolute atomic E-state index is 0.0281. The van der Waals surface area contributed by atoms with Crippen LogP contribution in [0.5, 0.6) is 0 Å². The van der Waals surface area contributed by atoms with Gasteiger partial charge < -0.3 is 9.73 Å². The van der Waals surface area contributed by atoms with Crippen molar-refractivity contribution >= 4 is 60.0 Å². The van der Waals surface area contributed by atoms with Gasteiger partial charge in [0.1, 0.15) is 34.4 Å². The van der Waals surface area contributed by atoms with Gasteiger partial charge in [-0.25, -0.2) is 31.6 Å². The van der Waals surface area contributed by atoms with Crippen molar-refractivity contribution in [3.63, 3.8) is 0 Å². The topological polar surface area (TPSA) is 113 Å². The first kappa shape index (κ1) is 33.8. The van der Waals surface area contributed by atoms with Gasteiger partial charge in [0.25, 0.3) is 5.91 Å². The van der Waals surface area contributed by atoms with Gasteiger partial charge in [0, 0.05) is 54.5 Å². The second-order valence-electron chi connectivity index (χ2n) is 14.9. The predicted octanol–water partition coefficient (Wildman–Crippen LogP) is 7.44. The molecular formula is C41H33F3N6O4S. The molecule has 3 aromatic carbocycles. The molecule has 5 heterocycles. The number of hydrogen-bond acceptors (Lipinski definition) is 7. The number of furan rings is 1. The van der Waals surface area contributed by atoms with Crippen LogP contribution in [0.15, 0.2) is 82.8 Å². The number of benzene rings is 3. The standard InChI is InChI=1S/C41H33F3N6O4S/c1-45-40(51)37-26-15-25(33(48(2)55(3,52)53)17-35(26)54-39(37)23-8-7-22(42)14-29(23)44)30-9-10-31-38(47-30)34-16-24-28(43)5-4-6-32(24)50(34)36(46-31)19-49-12-11-41(20-49)18-21-13-27(21)41/h4-10,14-18,27H,11-13,19-20H2,1-3H3,(H,45,51)/t27-,41-/m0/s1. The van der Waals surface area contributed by atoms with Crippen molar-refractivity contribution in [3.8, 4) is 22.6 Å². The lowest BCUT2D eigenvalue weighted by molar-refractivity contribution is 0.0964. The van der Waals surface area contributed by atoms with Crippen LogP contribution >= 0.6 is 0 Å². The van der Waals surface area contributed by atoms with Gasteiger partial charge in [0.05, 0.1) is 51.9 Å². The van der Waals surface area contributed by atoms with E-state index in [4.69, 9.17) is 14.4 Å². The smallest absolute Gasteiger partial charge is 0.255 e. The summed E-state index contributed by atoms with van der Waals surface area (Å²) in [7, 11) is -1.06. The number of aromatic nitrogens is 3. The van der Waals surface area contributed by atoms with Crippen LogP contribution in [0.1, 0.15) is 29.0 Å². The number of allylic oxidation sites excluding steroid dienone is 1. The number of hydrogen-bond donors (Lipinski definition) is 1. The number of pyridine rings is 1. The van der Waals surface area contributed by atoms with E-state index in [9.17, 15) is 17.6 Å². The number of rotatable bonds is 7. The number of nitrogens with one attached hydrogen (secondary N) is 1. The van der Waals surface area contributed by atoms with Gasteiger partial charge in [0.2, 0.25) is 10.0 Å². The Morgan fingerprint density at radius 3 is 2.56 bits per heavy atom. The molecule has 10 rings (SSSR count). The number of amides is 1. The second-order valence-corrected chi connectivity index (χ2v) is 16.9. The minimum Gasteiger partial charge on any atom is -0.455 e.